The third-order valence-corrected chi connectivity index (χ3v) is 7.80. The Bertz CT molecular complexity index is 1090. The number of carbonyl (C=O) groups is 2. The molecule has 2 heterocycles. The Hall–Kier alpha value is -2.14. The van der Waals surface area contributed by atoms with Crippen molar-refractivity contribution in [2.75, 3.05) is 18.1 Å². The second-order valence-corrected chi connectivity index (χ2v) is 10.2. The molecule has 0 aromatic heterocycles. The smallest absolute Gasteiger partial charge is 0.252 e. The van der Waals surface area contributed by atoms with E-state index in [1.807, 2.05) is 0 Å². The lowest BCUT2D eigenvalue weighted by Crippen LogP contribution is -2.48. The van der Waals surface area contributed by atoms with Crippen molar-refractivity contribution in [2.24, 2.45) is 0 Å². The van der Waals surface area contributed by atoms with Crippen LogP contribution in [0.1, 0.15) is 19.3 Å². The number of hydrogen-bond acceptors (Lipinski definition) is 5. The van der Waals surface area contributed by atoms with Crippen molar-refractivity contribution in [2.45, 2.75) is 36.3 Å². The Kier molecular flexibility index (Phi) is 6.25. The van der Waals surface area contributed by atoms with Gasteiger partial charge in [-0.25, -0.2) is 17.7 Å². The average molecular weight is 511 g/mol. The standard InChI is InChI=1S/C21H20BrFN2O5S/c22-14-3-7-16(8-4-14)25-20(26)12-19(21(25)27)24(13-17-2-1-11-30-17)31(28,29)18-9-5-15(23)6-10-18/h3-10,17,19H,1-2,11-13H2. The number of halogens is 2. The van der Waals surface area contributed by atoms with Crippen LogP contribution in [0.3, 0.4) is 0 Å². The molecule has 2 unspecified atom stereocenters. The highest BCUT2D eigenvalue weighted by molar-refractivity contribution is 9.10. The van der Waals surface area contributed by atoms with Gasteiger partial charge in [-0.1, -0.05) is 15.9 Å². The summed E-state index contributed by atoms with van der Waals surface area (Å²) in [6.07, 6.45) is 0.792. The molecule has 2 atom stereocenters. The van der Waals surface area contributed by atoms with E-state index in [9.17, 15) is 22.4 Å². The van der Waals surface area contributed by atoms with Gasteiger partial charge in [0.15, 0.2) is 0 Å². The zero-order chi connectivity index (χ0) is 22.2. The Morgan fingerprint density at radius 3 is 2.39 bits per heavy atom. The summed E-state index contributed by atoms with van der Waals surface area (Å²) in [7, 11) is -4.18. The van der Waals surface area contributed by atoms with Gasteiger partial charge in [-0.15, -0.1) is 0 Å². The predicted molar refractivity (Wildman–Crippen MR) is 114 cm³/mol. The number of sulfonamides is 1. The van der Waals surface area contributed by atoms with Gasteiger partial charge in [-0.2, -0.15) is 4.31 Å². The lowest BCUT2D eigenvalue weighted by Gasteiger charge is -2.28. The highest BCUT2D eigenvalue weighted by Crippen LogP contribution is 2.31. The summed E-state index contributed by atoms with van der Waals surface area (Å²) in [6, 6.07) is 9.82. The molecular weight excluding hydrogens is 491 g/mol. The zero-order valence-electron chi connectivity index (χ0n) is 16.4. The fourth-order valence-electron chi connectivity index (χ4n) is 3.83. The van der Waals surface area contributed by atoms with Gasteiger partial charge in [0, 0.05) is 17.6 Å². The van der Waals surface area contributed by atoms with Gasteiger partial charge in [-0.05, 0) is 61.4 Å². The van der Waals surface area contributed by atoms with Crippen LogP contribution in [-0.2, 0) is 24.3 Å². The number of carbonyl (C=O) groups excluding carboxylic acids is 2. The first kappa shape index (κ1) is 22.1. The SMILES string of the molecule is O=C1CC(N(CC2CCCO2)S(=O)(=O)c2ccc(F)cc2)C(=O)N1c1ccc(Br)cc1. The van der Waals surface area contributed by atoms with E-state index in [-0.39, 0.29) is 24.0 Å². The van der Waals surface area contributed by atoms with Gasteiger partial charge in [-0.3, -0.25) is 9.59 Å². The predicted octanol–water partition coefficient (Wildman–Crippen LogP) is 3.09. The third kappa shape index (κ3) is 4.43. The minimum atomic E-state index is -4.18. The molecule has 2 fully saturated rings. The molecule has 7 nitrogen and oxygen atoms in total. The summed E-state index contributed by atoms with van der Waals surface area (Å²) >= 11 is 3.31. The number of ether oxygens (including phenoxy) is 1. The first-order valence-corrected chi connectivity index (χ1v) is 12.0. The number of rotatable bonds is 6. The van der Waals surface area contributed by atoms with Crippen molar-refractivity contribution in [1.29, 1.82) is 0 Å². The van der Waals surface area contributed by atoms with Gasteiger partial charge >= 0.3 is 0 Å². The highest BCUT2D eigenvalue weighted by atomic mass is 79.9. The molecule has 0 saturated carbocycles. The molecule has 2 aliphatic heterocycles. The number of imide groups is 1. The van der Waals surface area contributed by atoms with Crippen LogP contribution >= 0.6 is 15.9 Å². The summed E-state index contributed by atoms with van der Waals surface area (Å²) in [5, 5.41) is 0. The molecular formula is C21H20BrFN2O5S. The summed E-state index contributed by atoms with van der Waals surface area (Å²) in [5.74, 6) is -1.67. The maximum Gasteiger partial charge on any atom is 0.252 e. The summed E-state index contributed by atoms with van der Waals surface area (Å²) in [5.41, 5.74) is 0.372. The van der Waals surface area contributed by atoms with Crippen LogP contribution in [-0.4, -0.2) is 49.8 Å². The molecule has 31 heavy (non-hydrogen) atoms. The Morgan fingerprint density at radius 1 is 1.10 bits per heavy atom. The van der Waals surface area contributed by atoms with E-state index < -0.39 is 33.7 Å². The van der Waals surface area contributed by atoms with Crippen molar-refractivity contribution in [3.8, 4) is 0 Å². The van der Waals surface area contributed by atoms with Crippen LogP contribution in [0, 0.1) is 5.82 Å². The van der Waals surface area contributed by atoms with Crippen molar-refractivity contribution in [1.82, 2.24) is 4.31 Å². The van der Waals surface area contributed by atoms with E-state index in [1.165, 1.54) is 0 Å². The summed E-state index contributed by atoms with van der Waals surface area (Å²) in [6.45, 7) is 0.454. The molecule has 2 aliphatic rings. The number of benzene rings is 2. The molecule has 10 heteroatoms. The Balaban J connectivity index is 1.69. The minimum Gasteiger partial charge on any atom is -0.377 e. The molecule has 164 valence electrons. The van der Waals surface area contributed by atoms with Gasteiger partial charge in [0.2, 0.25) is 15.9 Å². The van der Waals surface area contributed by atoms with E-state index >= 15 is 0 Å². The first-order valence-electron chi connectivity index (χ1n) is 9.79. The molecule has 0 bridgehead atoms. The highest BCUT2D eigenvalue weighted by Gasteiger charge is 2.47. The monoisotopic (exact) mass is 510 g/mol. The van der Waals surface area contributed by atoms with E-state index in [0.717, 1.165) is 44.4 Å². The lowest BCUT2D eigenvalue weighted by molar-refractivity contribution is -0.122. The molecule has 2 saturated heterocycles. The van der Waals surface area contributed by atoms with Crippen LogP contribution in [0.5, 0.6) is 0 Å². The van der Waals surface area contributed by atoms with Crippen LogP contribution < -0.4 is 4.90 Å². The van der Waals surface area contributed by atoms with Gasteiger partial charge in [0.1, 0.15) is 11.9 Å². The number of nitrogens with zero attached hydrogens (tertiary/aromatic N) is 2. The van der Waals surface area contributed by atoms with Crippen LogP contribution in [0.15, 0.2) is 57.9 Å². The Labute approximate surface area is 188 Å². The maximum atomic E-state index is 13.4. The number of anilines is 1. The quantitative estimate of drug-likeness (QED) is 0.557. The largest absolute Gasteiger partial charge is 0.377 e. The minimum absolute atomic E-state index is 0.0580. The zero-order valence-corrected chi connectivity index (χ0v) is 18.8. The van der Waals surface area contributed by atoms with Crippen LogP contribution in [0.25, 0.3) is 0 Å². The molecule has 0 radical (unpaired) electrons. The fraction of sp³-hybridized carbons (Fsp3) is 0.333. The van der Waals surface area contributed by atoms with Gasteiger partial charge in [0.05, 0.1) is 23.1 Å². The van der Waals surface area contributed by atoms with Crippen molar-refractivity contribution in [3.05, 3.63) is 58.8 Å². The molecule has 0 aliphatic carbocycles. The first-order chi connectivity index (χ1) is 14.8. The summed E-state index contributed by atoms with van der Waals surface area (Å²) in [4.78, 5) is 26.8. The van der Waals surface area contributed by atoms with Crippen molar-refractivity contribution >= 4 is 43.5 Å². The molecule has 0 spiro atoms. The molecule has 2 aromatic carbocycles. The third-order valence-electron chi connectivity index (χ3n) is 5.38. The normalized spacial score (nSPS) is 22.0. The molecule has 0 N–H and O–H groups in total. The van der Waals surface area contributed by atoms with Crippen LogP contribution in [0.2, 0.25) is 0 Å². The average Bonchev–Trinajstić information content (AvgIpc) is 3.35. The fourth-order valence-corrected chi connectivity index (χ4v) is 5.70. The van der Waals surface area contributed by atoms with E-state index in [4.69, 9.17) is 4.74 Å². The van der Waals surface area contributed by atoms with Gasteiger partial charge in [0.25, 0.3) is 5.91 Å². The lowest BCUT2D eigenvalue weighted by atomic mass is 10.2. The second kappa shape index (κ2) is 8.78. The van der Waals surface area contributed by atoms with E-state index in [1.54, 1.807) is 24.3 Å². The maximum absolute atomic E-state index is 13.4. The number of amides is 2. The van der Waals surface area contributed by atoms with Crippen molar-refractivity contribution in [3.63, 3.8) is 0 Å². The molecule has 4 rings (SSSR count). The summed E-state index contributed by atoms with van der Waals surface area (Å²) < 4.78 is 47.6. The number of hydrogen-bond donors (Lipinski definition) is 0. The van der Waals surface area contributed by atoms with Crippen LogP contribution in [0.4, 0.5) is 10.1 Å². The van der Waals surface area contributed by atoms with E-state index in [0.29, 0.717) is 18.7 Å². The van der Waals surface area contributed by atoms with Gasteiger partial charge < -0.3 is 4.74 Å². The van der Waals surface area contributed by atoms with Crippen molar-refractivity contribution < 1.29 is 27.1 Å². The molecule has 2 amide bonds. The molecule has 2 aromatic rings. The van der Waals surface area contributed by atoms with E-state index in [2.05, 4.69) is 15.9 Å². The second-order valence-electron chi connectivity index (χ2n) is 7.43. The Morgan fingerprint density at radius 2 is 1.77 bits per heavy atom. The topological polar surface area (TPSA) is 84.0 Å².